The zero-order valence-electron chi connectivity index (χ0n) is 18.9. The van der Waals surface area contributed by atoms with Crippen molar-refractivity contribution in [1.82, 2.24) is 9.80 Å². The number of ether oxygens (including phenoxy) is 3. The van der Waals surface area contributed by atoms with Gasteiger partial charge in [0.1, 0.15) is 19.8 Å². The van der Waals surface area contributed by atoms with Gasteiger partial charge < -0.3 is 29.1 Å². The summed E-state index contributed by atoms with van der Waals surface area (Å²) < 4.78 is 16.2. The first kappa shape index (κ1) is 22.1. The lowest BCUT2D eigenvalue weighted by Gasteiger charge is -2.47. The monoisotopic (exact) mass is 456 g/mol. The number of β-amino-alcohol motifs (C(OH)–C–C–N with tert-alkyl or cyclic N) is 1. The van der Waals surface area contributed by atoms with Crippen LogP contribution in [0.4, 0.5) is 0 Å². The van der Waals surface area contributed by atoms with Gasteiger partial charge in [0.25, 0.3) is 5.91 Å². The van der Waals surface area contributed by atoms with Gasteiger partial charge in [-0.1, -0.05) is 6.07 Å². The molecule has 0 radical (unpaired) electrons. The second kappa shape index (κ2) is 8.23. The quantitative estimate of drug-likeness (QED) is 0.675. The highest BCUT2D eigenvalue weighted by Crippen LogP contribution is 2.35. The molecule has 9 nitrogen and oxygen atoms in total. The van der Waals surface area contributed by atoms with Gasteiger partial charge in [-0.25, -0.2) is 9.59 Å². The van der Waals surface area contributed by atoms with Crippen molar-refractivity contribution in [2.24, 2.45) is 0 Å². The number of esters is 2. The minimum absolute atomic E-state index is 0.0112. The summed E-state index contributed by atoms with van der Waals surface area (Å²) >= 11 is 0. The number of benzene rings is 1. The van der Waals surface area contributed by atoms with E-state index in [0.29, 0.717) is 29.9 Å². The molecule has 4 aliphatic rings. The van der Waals surface area contributed by atoms with E-state index in [1.807, 2.05) is 13.0 Å². The molecular formula is C24H28N2O7. The molecule has 0 bridgehead atoms. The van der Waals surface area contributed by atoms with Gasteiger partial charge >= 0.3 is 11.9 Å². The molecule has 0 unspecified atom stereocenters. The second-order valence-corrected chi connectivity index (χ2v) is 9.30. The number of carbonyl (C=O) groups excluding carboxylic acids is 3. The summed E-state index contributed by atoms with van der Waals surface area (Å²) in [6.45, 7) is 6.29. The number of nitrogens with zero attached hydrogens (tertiary/aromatic N) is 2. The van der Waals surface area contributed by atoms with Gasteiger partial charge in [0.15, 0.2) is 0 Å². The molecule has 0 saturated carbocycles. The number of likely N-dealkylation sites (tertiary alicyclic amines) is 1. The van der Waals surface area contributed by atoms with E-state index in [0.717, 1.165) is 42.6 Å². The van der Waals surface area contributed by atoms with Gasteiger partial charge in [0.2, 0.25) is 0 Å². The molecule has 176 valence electrons. The van der Waals surface area contributed by atoms with Crippen LogP contribution in [0.5, 0.6) is 0 Å². The zero-order valence-corrected chi connectivity index (χ0v) is 18.9. The molecule has 1 atom stereocenters. The van der Waals surface area contributed by atoms with Crippen molar-refractivity contribution in [2.75, 3.05) is 39.4 Å². The Kier molecular flexibility index (Phi) is 5.50. The Morgan fingerprint density at radius 1 is 1.03 bits per heavy atom. The minimum Gasteiger partial charge on any atom is -0.457 e. The van der Waals surface area contributed by atoms with Gasteiger partial charge in [-0.2, -0.15) is 0 Å². The van der Waals surface area contributed by atoms with Crippen molar-refractivity contribution in [3.05, 3.63) is 45.7 Å². The smallest absolute Gasteiger partial charge is 0.338 e. The first-order chi connectivity index (χ1) is 15.8. The summed E-state index contributed by atoms with van der Waals surface area (Å²) in [4.78, 5) is 39.9. The van der Waals surface area contributed by atoms with E-state index in [9.17, 15) is 19.5 Å². The van der Waals surface area contributed by atoms with Crippen molar-refractivity contribution in [3.8, 4) is 0 Å². The third-order valence-corrected chi connectivity index (χ3v) is 7.42. The Balaban J connectivity index is 1.23. The van der Waals surface area contributed by atoms with E-state index < -0.39 is 11.7 Å². The van der Waals surface area contributed by atoms with Crippen LogP contribution in [-0.4, -0.2) is 77.7 Å². The third kappa shape index (κ3) is 3.84. The Hall–Kier alpha value is -2.75. The van der Waals surface area contributed by atoms with Gasteiger partial charge in [0.05, 0.1) is 35.1 Å². The zero-order chi connectivity index (χ0) is 23.3. The number of morpholine rings is 1. The molecule has 4 aliphatic heterocycles. The maximum absolute atomic E-state index is 12.5. The van der Waals surface area contributed by atoms with Crippen LogP contribution in [0, 0.1) is 6.92 Å². The highest BCUT2D eigenvalue weighted by molar-refractivity contribution is 5.94. The SMILES string of the molecule is CC1=C(N2CC3(CCN(C[C@H](O)c4ccc5c(c4C)COC5=O)CC3)OCC2=O)COC1=O. The Labute approximate surface area is 191 Å². The summed E-state index contributed by atoms with van der Waals surface area (Å²) in [6, 6.07) is 3.54. The van der Waals surface area contributed by atoms with Crippen molar-refractivity contribution in [3.63, 3.8) is 0 Å². The van der Waals surface area contributed by atoms with E-state index in [4.69, 9.17) is 14.2 Å². The second-order valence-electron chi connectivity index (χ2n) is 9.30. The highest BCUT2D eigenvalue weighted by Gasteiger charge is 2.44. The standard InChI is InChI=1S/C24H28N2O7/c1-14-16(3-4-17-18(14)10-31-23(17)30)20(27)9-25-7-5-24(6-8-25)13-26(21(28)12-33-24)19-11-32-22(29)15(19)2/h3-4,20,27H,5-13H2,1-2H3/t20-/m0/s1. The first-order valence-corrected chi connectivity index (χ1v) is 11.3. The van der Waals surface area contributed by atoms with Crippen LogP contribution in [0.1, 0.15) is 52.9 Å². The fraction of sp³-hybridized carbons (Fsp3) is 0.542. The number of fused-ring (bicyclic) bond motifs is 1. The van der Waals surface area contributed by atoms with Crippen LogP contribution in [0.25, 0.3) is 0 Å². The van der Waals surface area contributed by atoms with Crippen LogP contribution in [0.15, 0.2) is 23.4 Å². The van der Waals surface area contributed by atoms with E-state index in [-0.39, 0.29) is 37.7 Å². The highest BCUT2D eigenvalue weighted by atomic mass is 16.5. The van der Waals surface area contributed by atoms with Crippen LogP contribution < -0.4 is 0 Å². The molecule has 1 aromatic carbocycles. The van der Waals surface area contributed by atoms with E-state index in [1.54, 1.807) is 17.9 Å². The summed E-state index contributed by atoms with van der Waals surface area (Å²) in [5.74, 6) is -0.837. The summed E-state index contributed by atoms with van der Waals surface area (Å²) in [5, 5.41) is 10.9. The number of carbonyl (C=O) groups is 3. The topological polar surface area (TPSA) is 106 Å². The molecule has 1 amide bonds. The molecule has 1 spiro atoms. The molecule has 33 heavy (non-hydrogen) atoms. The predicted molar refractivity (Wildman–Crippen MR) is 115 cm³/mol. The van der Waals surface area contributed by atoms with Crippen molar-refractivity contribution in [1.29, 1.82) is 0 Å². The number of aliphatic hydroxyl groups excluding tert-OH is 1. The normalized spacial score (nSPS) is 23.7. The van der Waals surface area contributed by atoms with Crippen LogP contribution in [-0.2, 0) is 30.4 Å². The number of hydrogen-bond acceptors (Lipinski definition) is 8. The van der Waals surface area contributed by atoms with Gasteiger partial charge in [-0.3, -0.25) is 4.79 Å². The molecule has 2 saturated heterocycles. The van der Waals surface area contributed by atoms with Crippen LogP contribution in [0.2, 0.25) is 0 Å². The fourth-order valence-corrected chi connectivity index (χ4v) is 5.23. The maximum Gasteiger partial charge on any atom is 0.338 e. The van der Waals surface area contributed by atoms with Crippen molar-refractivity contribution >= 4 is 17.8 Å². The summed E-state index contributed by atoms with van der Waals surface area (Å²) in [6.07, 6.45) is 0.756. The number of amides is 1. The van der Waals surface area contributed by atoms with Crippen LogP contribution in [0.3, 0.4) is 0 Å². The summed E-state index contributed by atoms with van der Waals surface area (Å²) in [5.41, 5.74) is 3.81. The number of rotatable bonds is 4. The average Bonchev–Trinajstić information content (AvgIpc) is 3.35. The molecule has 0 aromatic heterocycles. The number of piperidine rings is 1. The fourth-order valence-electron chi connectivity index (χ4n) is 5.23. The molecule has 4 heterocycles. The van der Waals surface area contributed by atoms with Gasteiger partial charge in [-0.15, -0.1) is 0 Å². The molecule has 1 aromatic rings. The van der Waals surface area contributed by atoms with Crippen molar-refractivity contribution < 1.29 is 33.7 Å². The Bertz CT molecular complexity index is 1060. The molecule has 2 fully saturated rings. The lowest BCUT2D eigenvalue weighted by atomic mass is 9.88. The van der Waals surface area contributed by atoms with Gasteiger partial charge in [0, 0.05) is 25.2 Å². The first-order valence-electron chi connectivity index (χ1n) is 11.3. The van der Waals surface area contributed by atoms with Crippen molar-refractivity contribution in [2.45, 2.75) is 45.0 Å². The third-order valence-electron chi connectivity index (χ3n) is 7.42. The average molecular weight is 456 g/mol. The molecule has 9 heteroatoms. The minimum atomic E-state index is -0.681. The van der Waals surface area contributed by atoms with E-state index in [2.05, 4.69) is 4.90 Å². The molecule has 1 N–H and O–H groups in total. The molecule has 5 rings (SSSR count). The maximum atomic E-state index is 12.5. The predicted octanol–water partition coefficient (Wildman–Crippen LogP) is 1.22. The summed E-state index contributed by atoms with van der Waals surface area (Å²) in [7, 11) is 0. The Morgan fingerprint density at radius 3 is 2.45 bits per heavy atom. The Morgan fingerprint density at radius 2 is 1.76 bits per heavy atom. The molecule has 0 aliphatic carbocycles. The number of hydrogen-bond donors (Lipinski definition) is 1. The molecular weight excluding hydrogens is 428 g/mol. The lowest BCUT2D eigenvalue weighted by Crippen LogP contribution is -2.58. The van der Waals surface area contributed by atoms with E-state index >= 15 is 0 Å². The largest absolute Gasteiger partial charge is 0.457 e. The number of aliphatic hydroxyl groups is 1. The van der Waals surface area contributed by atoms with E-state index in [1.165, 1.54) is 0 Å². The number of cyclic esters (lactones) is 2. The van der Waals surface area contributed by atoms with Crippen LogP contribution >= 0.6 is 0 Å². The lowest BCUT2D eigenvalue weighted by molar-refractivity contribution is -0.168. The van der Waals surface area contributed by atoms with Gasteiger partial charge in [-0.05, 0) is 43.9 Å².